The Morgan fingerprint density at radius 1 is 1.14 bits per heavy atom. The second-order valence-corrected chi connectivity index (χ2v) is 18.8. The molecule has 9 nitrogen and oxygen atoms in total. The molecule has 0 unspecified atom stereocenters. The summed E-state index contributed by atoms with van der Waals surface area (Å²) in [6.07, 6.45) is -1.82. The third-order valence-electron chi connectivity index (χ3n) is 9.23. The number of epoxide rings is 1. The Hall–Kier alpha value is -3.01. The highest BCUT2D eigenvalue weighted by Gasteiger charge is 2.87. The lowest BCUT2D eigenvalue weighted by atomic mass is 9.58. The smallest absolute Gasteiger partial charge is 0.523 e. The molecule has 43 heavy (non-hydrogen) atoms. The third kappa shape index (κ3) is 4.41. The van der Waals surface area contributed by atoms with Gasteiger partial charge in [-0.2, -0.15) is 21.6 Å². The Morgan fingerprint density at radius 3 is 2.35 bits per heavy atom. The van der Waals surface area contributed by atoms with Crippen LogP contribution in [0.4, 0.5) is 23.7 Å². The number of halogens is 3. The van der Waals surface area contributed by atoms with E-state index in [2.05, 4.69) is 57.5 Å². The normalized spacial score (nSPS) is 33.4. The predicted octanol–water partition coefficient (Wildman–Crippen LogP) is 4.43. The van der Waals surface area contributed by atoms with Crippen LogP contribution in [-0.2, 0) is 29.4 Å². The Morgan fingerprint density at radius 2 is 1.77 bits per heavy atom. The van der Waals surface area contributed by atoms with Crippen molar-refractivity contribution in [1.82, 2.24) is 0 Å². The summed E-state index contributed by atoms with van der Waals surface area (Å²) < 4.78 is 87.5. The number of fused-ring (bicyclic) bond motifs is 1. The molecule has 2 fully saturated rings. The minimum atomic E-state index is -6.14. The monoisotopic (exact) mass is 639 g/mol. The SMILES string of the molecule is COC(=O)N1c2ccc(O[Si](C)(C)C(C)(C)C)cc2[C@@]23O[C@@]24[C@@H]1C#C/C=C\C#C[C@H]3[C@@H](O)[C@@H](OS(=O)(=O)C(F)(F)F)[C@@H]4C. The molecule has 1 aromatic carbocycles. The molecule has 2 aliphatic heterocycles. The van der Waals surface area contributed by atoms with Crippen LogP contribution in [0.25, 0.3) is 0 Å². The first-order valence-corrected chi connectivity index (χ1v) is 17.8. The quantitative estimate of drug-likeness (QED) is 0.169. The standard InChI is InChI=1S/C29H32F3NO8SSi/c1-17-24(39-42(36,37)29(30,31)32)23(34)19-12-10-8-9-11-13-22-27(17)28(19,41-27)20-16-18(40-43(6,7)26(2,3)4)14-15-21(20)33(22)25(35)38-5/h8-9,14-17,19,22-24,34H,1-7H3/b9-8-/t17-,19-,22-,23+,24-,27-,28+/m0/s1. The van der Waals surface area contributed by atoms with Crippen molar-refractivity contribution in [3.63, 3.8) is 0 Å². The van der Waals surface area contributed by atoms with E-state index in [1.807, 2.05) is 0 Å². The van der Waals surface area contributed by atoms with Crippen molar-refractivity contribution in [2.24, 2.45) is 11.8 Å². The molecule has 0 aromatic heterocycles. The number of ether oxygens (including phenoxy) is 2. The maximum atomic E-state index is 13.4. The van der Waals surface area contributed by atoms with Crippen LogP contribution >= 0.6 is 0 Å². The number of amides is 1. The zero-order chi connectivity index (χ0) is 32.0. The molecular weight excluding hydrogens is 607 g/mol. The van der Waals surface area contributed by atoms with Crippen LogP contribution in [0, 0.1) is 35.5 Å². The van der Waals surface area contributed by atoms with Crippen molar-refractivity contribution >= 4 is 30.2 Å². The molecule has 5 rings (SSSR count). The highest BCUT2D eigenvalue weighted by molar-refractivity contribution is 7.87. The van der Waals surface area contributed by atoms with Gasteiger partial charge in [0, 0.05) is 11.5 Å². The molecule has 1 saturated heterocycles. The molecule has 2 heterocycles. The summed E-state index contributed by atoms with van der Waals surface area (Å²) in [7, 11) is -7.34. The van der Waals surface area contributed by atoms with Crippen LogP contribution in [0.1, 0.15) is 33.3 Å². The molecule has 4 aliphatic rings. The van der Waals surface area contributed by atoms with E-state index < -0.39 is 71.3 Å². The molecule has 14 heteroatoms. The van der Waals surface area contributed by atoms with Crippen molar-refractivity contribution in [1.29, 1.82) is 0 Å². The average Bonchev–Trinajstić information content (AvgIpc) is 3.61. The third-order valence-corrected chi connectivity index (χ3v) is 14.6. The van der Waals surface area contributed by atoms with Gasteiger partial charge in [0.25, 0.3) is 0 Å². The van der Waals surface area contributed by atoms with Crippen molar-refractivity contribution in [2.75, 3.05) is 12.0 Å². The summed E-state index contributed by atoms with van der Waals surface area (Å²) >= 11 is 0. The predicted molar refractivity (Wildman–Crippen MR) is 152 cm³/mol. The molecule has 1 aromatic rings. The molecule has 0 spiro atoms. The largest absolute Gasteiger partial charge is 0.543 e. The van der Waals surface area contributed by atoms with Crippen molar-refractivity contribution in [3.8, 4) is 29.4 Å². The van der Waals surface area contributed by atoms with Gasteiger partial charge in [0.1, 0.15) is 29.1 Å². The van der Waals surface area contributed by atoms with E-state index >= 15 is 0 Å². The lowest BCUT2D eigenvalue weighted by Gasteiger charge is -2.49. The number of rotatable bonds is 4. The Bertz CT molecular complexity index is 1630. The average molecular weight is 640 g/mol. The molecule has 1 amide bonds. The highest BCUT2D eigenvalue weighted by Crippen LogP contribution is 2.74. The number of methoxy groups -OCH3 is 1. The van der Waals surface area contributed by atoms with E-state index in [0.29, 0.717) is 17.0 Å². The van der Waals surface area contributed by atoms with Gasteiger partial charge in [0.05, 0.1) is 24.8 Å². The van der Waals surface area contributed by atoms with Gasteiger partial charge in [-0.15, -0.1) is 0 Å². The Kier molecular flexibility index (Phi) is 7.12. The number of alkyl halides is 3. The summed E-state index contributed by atoms with van der Waals surface area (Å²) in [5.74, 6) is 9.28. The molecule has 7 atom stereocenters. The summed E-state index contributed by atoms with van der Waals surface area (Å²) in [6, 6.07) is 3.83. The number of anilines is 1. The minimum Gasteiger partial charge on any atom is -0.543 e. The van der Waals surface area contributed by atoms with Crippen LogP contribution in [0.2, 0.25) is 18.1 Å². The minimum absolute atomic E-state index is 0.165. The van der Waals surface area contributed by atoms with Gasteiger partial charge in [-0.1, -0.05) is 51.4 Å². The van der Waals surface area contributed by atoms with Crippen LogP contribution in [0.15, 0.2) is 30.4 Å². The van der Waals surface area contributed by atoms with E-state index in [9.17, 15) is 31.5 Å². The van der Waals surface area contributed by atoms with Gasteiger partial charge in [-0.25, -0.2) is 4.79 Å². The topological polar surface area (TPSA) is 115 Å². The number of aliphatic hydroxyl groups excluding tert-OH is 1. The summed E-state index contributed by atoms with van der Waals surface area (Å²) in [4.78, 5) is 14.6. The van der Waals surface area contributed by atoms with Crippen LogP contribution in [0.5, 0.6) is 5.75 Å². The molecular formula is C29H32F3NO8SSi. The van der Waals surface area contributed by atoms with E-state index in [4.69, 9.17) is 18.1 Å². The van der Waals surface area contributed by atoms with Gasteiger partial charge in [-0.05, 0) is 48.5 Å². The van der Waals surface area contributed by atoms with Gasteiger partial charge < -0.3 is 19.0 Å². The first kappa shape index (κ1) is 31.4. The number of hydrogen-bond acceptors (Lipinski definition) is 8. The van der Waals surface area contributed by atoms with Gasteiger partial charge in [0.15, 0.2) is 0 Å². The first-order valence-electron chi connectivity index (χ1n) is 13.5. The maximum absolute atomic E-state index is 13.4. The number of hydrogen-bond donors (Lipinski definition) is 1. The zero-order valence-electron chi connectivity index (χ0n) is 24.6. The van der Waals surface area contributed by atoms with E-state index in [1.54, 1.807) is 18.2 Å². The number of aliphatic hydroxyl groups is 1. The van der Waals surface area contributed by atoms with Gasteiger partial charge in [0.2, 0.25) is 8.32 Å². The summed E-state index contributed by atoms with van der Waals surface area (Å²) in [5.41, 5.74) is -8.21. The number of benzene rings is 1. The Balaban J connectivity index is 1.77. The first-order chi connectivity index (χ1) is 19.8. The van der Waals surface area contributed by atoms with Crippen molar-refractivity contribution in [3.05, 3.63) is 35.9 Å². The number of carbonyl (C=O) groups is 1. The maximum Gasteiger partial charge on any atom is 0.523 e. The lowest BCUT2D eigenvalue weighted by molar-refractivity contribution is -0.0888. The molecule has 1 N–H and O–H groups in total. The molecule has 2 aliphatic carbocycles. The summed E-state index contributed by atoms with van der Waals surface area (Å²) in [6.45, 7) is 11.7. The van der Waals surface area contributed by atoms with E-state index in [1.165, 1.54) is 31.1 Å². The fourth-order valence-electron chi connectivity index (χ4n) is 6.10. The van der Waals surface area contributed by atoms with Crippen LogP contribution in [0.3, 0.4) is 0 Å². The summed E-state index contributed by atoms with van der Waals surface area (Å²) in [5, 5.41) is 11.4. The molecule has 232 valence electrons. The fourth-order valence-corrected chi connectivity index (χ4v) is 7.81. The van der Waals surface area contributed by atoms with Crippen LogP contribution in [-0.4, -0.2) is 64.4 Å². The number of carbonyl (C=O) groups excluding carboxylic acids is 1. The van der Waals surface area contributed by atoms with Gasteiger partial charge in [-0.3, -0.25) is 9.08 Å². The zero-order valence-corrected chi connectivity index (χ0v) is 26.4. The lowest BCUT2D eigenvalue weighted by Crippen LogP contribution is -2.66. The molecule has 1 saturated carbocycles. The van der Waals surface area contributed by atoms with E-state index in [-0.39, 0.29) is 5.04 Å². The number of allylic oxidation sites excluding steroid dienone is 2. The second-order valence-electron chi connectivity index (χ2n) is 12.5. The number of nitrogens with zero attached hydrogens (tertiary/aromatic N) is 1. The van der Waals surface area contributed by atoms with Crippen molar-refractivity contribution < 1.29 is 49.6 Å². The highest BCUT2D eigenvalue weighted by atomic mass is 32.2. The van der Waals surface area contributed by atoms with Crippen LogP contribution < -0.4 is 9.33 Å². The second kappa shape index (κ2) is 9.74. The molecule has 4 bridgehead atoms. The van der Waals surface area contributed by atoms with E-state index in [0.717, 1.165) is 0 Å². The van der Waals surface area contributed by atoms with Crippen molar-refractivity contribution in [2.45, 2.75) is 80.8 Å². The molecule has 0 radical (unpaired) electrons. The Labute approximate surface area is 249 Å². The van der Waals surface area contributed by atoms with Gasteiger partial charge >= 0.3 is 21.7 Å². The fraction of sp³-hybridized carbons (Fsp3) is 0.552.